The van der Waals surface area contributed by atoms with Crippen molar-refractivity contribution in [1.29, 1.82) is 0 Å². The Kier molecular flexibility index (Phi) is 14.6. The van der Waals surface area contributed by atoms with Gasteiger partial charge in [-0.1, -0.05) is 146 Å². The second kappa shape index (κ2) is 21.2. The van der Waals surface area contributed by atoms with E-state index in [-0.39, 0.29) is 37.6 Å². The molecule has 6 aromatic carbocycles. The van der Waals surface area contributed by atoms with Crippen molar-refractivity contribution in [3.63, 3.8) is 0 Å². The first-order valence-electron chi connectivity index (χ1n) is 20.8. The molecule has 1 aliphatic rings. The minimum atomic E-state index is -0.513. The van der Waals surface area contributed by atoms with Crippen molar-refractivity contribution in [3.05, 3.63) is 192 Å². The maximum atomic E-state index is 14.3. The van der Waals surface area contributed by atoms with Crippen LogP contribution in [0.4, 0.5) is 16.2 Å². The lowest BCUT2D eigenvalue weighted by Crippen LogP contribution is -2.51. The normalized spacial score (nSPS) is 11.8. The Morgan fingerprint density at radius 3 is 1.66 bits per heavy atom. The maximum Gasteiger partial charge on any atom is 0.331 e. The maximum absolute atomic E-state index is 14.3. The second-order valence-corrected chi connectivity index (χ2v) is 15.3. The van der Waals surface area contributed by atoms with Gasteiger partial charge in [0.1, 0.15) is 18.0 Å². The molecule has 0 fully saturated rings. The Hall–Kier alpha value is -7.40. The van der Waals surface area contributed by atoms with Crippen LogP contribution < -0.4 is 19.7 Å². The molecule has 1 aliphatic heterocycles. The number of amides is 3. The number of carbonyl (C=O) groups excluding carboxylic acids is 3. The van der Waals surface area contributed by atoms with Crippen LogP contribution in [0.1, 0.15) is 40.7 Å². The molecule has 0 saturated carbocycles. The van der Waals surface area contributed by atoms with Gasteiger partial charge in [0.05, 0.1) is 12.3 Å². The molecule has 316 valence electrons. The van der Waals surface area contributed by atoms with E-state index in [1.165, 1.54) is 0 Å². The number of hydrogen-bond acceptors (Lipinski definition) is 8. The van der Waals surface area contributed by atoms with Gasteiger partial charge in [-0.3, -0.25) is 10.1 Å². The number of para-hydroxylation sites is 3. The van der Waals surface area contributed by atoms with E-state index in [2.05, 4.69) is 5.32 Å². The predicted octanol–water partition coefficient (Wildman–Crippen LogP) is 8.96. The molecule has 11 heteroatoms. The SMILES string of the molecule is CN(C)c1ccccc1OC(=O)CN1Cc2cccc(OCCCC(=O)N(Cc3ccccc3)Cc3ccccc3)c2N=C1NC(=O)N(Cc1ccccc1)Cc1ccccc1. The summed E-state index contributed by atoms with van der Waals surface area (Å²) in [5.74, 6) is 0.651. The summed E-state index contributed by atoms with van der Waals surface area (Å²) < 4.78 is 12.2. The first kappa shape index (κ1) is 42.7. The molecule has 1 N–H and O–H groups in total. The van der Waals surface area contributed by atoms with E-state index in [9.17, 15) is 14.4 Å². The lowest BCUT2D eigenvalue weighted by molar-refractivity contribution is -0.135. The van der Waals surface area contributed by atoms with Crippen LogP contribution in [-0.2, 0) is 42.3 Å². The van der Waals surface area contributed by atoms with Gasteiger partial charge >= 0.3 is 12.0 Å². The zero-order chi connectivity index (χ0) is 43.1. The van der Waals surface area contributed by atoms with Gasteiger partial charge in [-0.25, -0.2) is 14.6 Å². The molecule has 7 rings (SSSR count). The Morgan fingerprint density at radius 1 is 0.613 bits per heavy atom. The van der Waals surface area contributed by atoms with Crippen LogP contribution in [0.3, 0.4) is 0 Å². The number of guanidine groups is 1. The van der Waals surface area contributed by atoms with Crippen molar-refractivity contribution in [2.45, 2.75) is 45.6 Å². The Bertz CT molecular complexity index is 2350. The van der Waals surface area contributed by atoms with Gasteiger partial charge in [0.15, 0.2) is 5.75 Å². The van der Waals surface area contributed by atoms with Gasteiger partial charge in [0.25, 0.3) is 0 Å². The quantitative estimate of drug-likeness (QED) is 0.0556. The molecule has 0 radical (unpaired) electrons. The standard InChI is InChI=1S/C51H52N6O5/c1-54(2)44-28-15-16-29-45(44)62-48(59)38-56-37-43-27-17-30-46(61-32-18-31-47(58)55(33-39-19-7-3-8-20-39)34-40-21-9-4-10-22-40)49(43)52-50(56)53-51(60)57(35-41-23-11-5-12-24-41)36-42-25-13-6-14-26-42/h3-17,19-30H,18,31-38H2,1-2H3,(H,52,53,60). The molecule has 1 heterocycles. The number of esters is 1. The third kappa shape index (κ3) is 11.9. The van der Waals surface area contributed by atoms with Gasteiger partial charge in [-0.2, -0.15) is 0 Å². The van der Waals surface area contributed by atoms with Gasteiger partial charge < -0.3 is 29.1 Å². The second-order valence-electron chi connectivity index (χ2n) is 15.3. The molecule has 3 amide bonds. The summed E-state index contributed by atoms with van der Waals surface area (Å²) in [7, 11) is 3.77. The lowest BCUT2D eigenvalue weighted by Gasteiger charge is -2.32. The van der Waals surface area contributed by atoms with Crippen LogP contribution in [0.5, 0.6) is 11.5 Å². The van der Waals surface area contributed by atoms with Gasteiger partial charge in [-0.15, -0.1) is 0 Å². The number of aliphatic imine (C=N–C) groups is 1. The molecule has 0 spiro atoms. The van der Waals surface area contributed by atoms with Gasteiger partial charge in [0, 0.05) is 58.8 Å². The summed E-state index contributed by atoms with van der Waals surface area (Å²) in [5, 5.41) is 3.05. The minimum absolute atomic E-state index is 0.0331. The molecular formula is C51H52N6O5. The van der Waals surface area contributed by atoms with Crippen molar-refractivity contribution in [3.8, 4) is 11.5 Å². The van der Waals surface area contributed by atoms with E-state index in [0.29, 0.717) is 56.2 Å². The van der Waals surface area contributed by atoms with E-state index in [0.717, 1.165) is 33.5 Å². The van der Waals surface area contributed by atoms with Crippen LogP contribution in [-0.4, -0.2) is 65.8 Å². The number of carbonyl (C=O) groups is 3. The van der Waals surface area contributed by atoms with Gasteiger partial charge in [-0.05, 0) is 46.9 Å². The van der Waals surface area contributed by atoms with Crippen molar-refractivity contribution in [2.24, 2.45) is 4.99 Å². The average Bonchev–Trinajstić information content (AvgIpc) is 3.29. The zero-order valence-corrected chi connectivity index (χ0v) is 35.2. The number of fused-ring (bicyclic) bond motifs is 1. The van der Waals surface area contributed by atoms with Crippen molar-refractivity contribution in [2.75, 3.05) is 32.1 Å². The summed E-state index contributed by atoms with van der Waals surface area (Å²) in [5.41, 5.74) is 6.17. The fourth-order valence-electron chi connectivity index (χ4n) is 7.24. The largest absolute Gasteiger partial charge is 0.491 e. The highest BCUT2D eigenvalue weighted by atomic mass is 16.5. The first-order valence-corrected chi connectivity index (χ1v) is 20.8. The van der Waals surface area contributed by atoms with Crippen LogP contribution in [0.25, 0.3) is 0 Å². The lowest BCUT2D eigenvalue weighted by atomic mass is 10.1. The predicted molar refractivity (Wildman–Crippen MR) is 243 cm³/mol. The highest BCUT2D eigenvalue weighted by Crippen LogP contribution is 2.36. The Morgan fingerprint density at radius 2 is 1.11 bits per heavy atom. The molecule has 0 saturated heterocycles. The molecule has 11 nitrogen and oxygen atoms in total. The summed E-state index contributed by atoms with van der Waals surface area (Å²) in [6.07, 6.45) is 0.779. The molecule has 62 heavy (non-hydrogen) atoms. The van der Waals surface area contributed by atoms with E-state index in [4.69, 9.17) is 14.5 Å². The fourth-order valence-corrected chi connectivity index (χ4v) is 7.24. The summed E-state index contributed by atoms with van der Waals surface area (Å²) in [6, 6.07) is 52.2. The molecule has 6 aromatic rings. The average molecular weight is 829 g/mol. The van der Waals surface area contributed by atoms with E-state index in [1.54, 1.807) is 15.9 Å². The first-order chi connectivity index (χ1) is 30.3. The summed E-state index contributed by atoms with van der Waals surface area (Å²) in [6.45, 7) is 2.03. The van der Waals surface area contributed by atoms with E-state index < -0.39 is 5.97 Å². The number of ether oxygens (including phenoxy) is 2. The highest BCUT2D eigenvalue weighted by molar-refractivity contribution is 6.00. The fraction of sp³-hybridized carbons (Fsp3) is 0.216. The molecule has 0 atom stereocenters. The zero-order valence-electron chi connectivity index (χ0n) is 35.2. The number of urea groups is 1. The number of rotatable bonds is 17. The molecule has 0 aromatic heterocycles. The van der Waals surface area contributed by atoms with Crippen LogP contribution >= 0.6 is 0 Å². The summed E-state index contributed by atoms with van der Waals surface area (Å²) >= 11 is 0. The number of anilines is 1. The summed E-state index contributed by atoms with van der Waals surface area (Å²) in [4.78, 5) is 53.8. The van der Waals surface area contributed by atoms with Crippen LogP contribution in [0.2, 0.25) is 0 Å². The smallest absolute Gasteiger partial charge is 0.331 e. The van der Waals surface area contributed by atoms with Crippen molar-refractivity contribution >= 4 is 35.2 Å². The molecule has 0 bridgehead atoms. The number of benzene rings is 6. The van der Waals surface area contributed by atoms with Crippen molar-refractivity contribution in [1.82, 2.24) is 20.0 Å². The Labute approximate surface area is 363 Å². The monoisotopic (exact) mass is 828 g/mol. The van der Waals surface area contributed by atoms with E-state index >= 15 is 0 Å². The topological polar surface area (TPSA) is 107 Å². The molecule has 0 aliphatic carbocycles. The number of hydrogen-bond donors (Lipinski definition) is 1. The number of nitrogens with zero attached hydrogens (tertiary/aromatic N) is 5. The molecular weight excluding hydrogens is 777 g/mol. The minimum Gasteiger partial charge on any atom is -0.491 e. The van der Waals surface area contributed by atoms with Crippen LogP contribution in [0.15, 0.2) is 169 Å². The number of nitrogens with one attached hydrogen (secondary N) is 1. The third-order valence-electron chi connectivity index (χ3n) is 10.4. The van der Waals surface area contributed by atoms with E-state index in [1.807, 2.05) is 182 Å². The highest BCUT2D eigenvalue weighted by Gasteiger charge is 2.28. The van der Waals surface area contributed by atoms with Crippen LogP contribution in [0, 0.1) is 0 Å². The third-order valence-corrected chi connectivity index (χ3v) is 10.4. The van der Waals surface area contributed by atoms with Crippen molar-refractivity contribution < 1.29 is 23.9 Å². The van der Waals surface area contributed by atoms with Gasteiger partial charge in [0.2, 0.25) is 11.9 Å². The molecule has 0 unspecified atom stereocenters. The Balaban J connectivity index is 1.09.